The fraction of sp³-hybridized carbons (Fsp3) is 0.381. The van der Waals surface area contributed by atoms with Gasteiger partial charge in [0.15, 0.2) is 46.2 Å². The summed E-state index contributed by atoms with van der Waals surface area (Å²) < 4.78 is 47.4. The molecule has 95 heavy (non-hydrogen) atoms. The Morgan fingerprint density at radius 2 is 1.27 bits per heavy atom. The van der Waals surface area contributed by atoms with Crippen LogP contribution in [0.3, 0.4) is 0 Å². The van der Waals surface area contributed by atoms with Crippen molar-refractivity contribution in [2.75, 3.05) is 20.6 Å². The zero-order valence-electron chi connectivity index (χ0n) is 53.4. The predicted molar refractivity (Wildman–Crippen MR) is 345 cm³/mol. The molecule has 32 heteroatoms. The molecular formula is C63H69N17O13S2. The van der Waals surface area contributed by atoms with Crippen molar-refractivity contribution in [3.8, 4) is 80.2 Å². The smallest absolute Gasteiger partial charge is 0.326 e. The molecule has 1 aliphatic heterocycles. The van der Waals surface area contributed by atoms with Gasteiger partial charge in [-0.15, -0.1) is 22.7 Å². The Labute approximate surface area is 550 Å². The maximum atomic E-state index is 14.4. The van der Waals surface area contributed by atoms with Gasteiger partial charge < -0.3 is 73.1 Å². The summed E-state index contributed by atoms with van der Waals surface area (Å²) in [5, 5.41) is 23.6. The van der Waals surface area contributed by atoms with Crippen LogP contribution in [0.25, 0.3) is 80.2 Å². The second-order valence-electron chi connectivity index (χ2n) is 23.0. The van der Waals surface area contributed by atoms with Crippen LogP contribution in [0.1, 0.15) is 122 Å². The molecule has 11 rings (SSSR count). The number of aryl methyl sites for hydroxylation is 3. The first kappa shape index (κ1) is 66.0. The van der Waals surface area contributed by atoms with Crippen molar-refractivity contribution < 1.29 is 59.9 Å². The molecular weight excluding hydrogens is 1270 g/mol. The predicted octanol–water partition coefficient (Wildman–Crippen LogP) is 9.16. The molecule has 0 fully saturated rings. The van der Waals surface area contributed by atoms with Crippen LogP contribution < -0.4 is 27.4 Å². The second kappa shape index (κ2) is 28.4. The number of carboxylic acids is 1. The molecule has 0 bridgehead atoms. The first-order valence-electron chi connectivity index (χ1n) is 30.5. The van der Waals surface area contributed by atoms with Gasteiger partial charge in [0, 0.05) is 23.7 Å². The number of benzene rings is 1. The zero-order chi connectivity index (χ0) is 67.4. The standard InChI is InChI=1S/C63H69N17O13S2/c1-11-28(3)43(74-51(83)46-31(6)93-59(77-46)47-32(7)91-56(78-47)41-27-95-61(73-41)48-33(8)92-57(79-48)40-26-94-60(72-40)42(80(9)10)19-16-20-66-63(64)65)49(81)75-44(29(4)12-2)58-71-38(24-89-58)54-69-36(22-87-54)52-68-37(23-86-52)53-70-39(25-88-53)55-76-45(30(5)90-55)50(82)67-35(62(84)85)21-34-17-14-13-15-18-34/h13-15,17-18,22-30,35,42-45H,11-12,16,19-21H2,1-10H3,(H,67,82)(H,74,83)(H,75,81)(H,84,85)(H4,64,65,66). The topological polar surface area (TPSA) is 422 Å². The number of nitrogens with zero attached hydrogens (tertiary/aromatic N) is 12. The summed E-state index contributed by atoms with van der Waals surface area (Å²) in [5.74, 6) is -1.39. The highest BCUT2D eigenvalue weighted by molar-refractivity contribution is 7.13. The number of aromatic nitrogens is 9. The summed E-state index contributed by atoms with van der Waals surface area (Å²) in [4.78, 5) is 107. The van der Waals surface area contributed by atoms with Crippen LogP contribution in [0.2, 0.25) is 0 Å². The molecule has 8 N–H and O–H groups in total. The number of rotatable bonds is 28. The van der Waals surface area contributed by atoms with E-state index in [1.807, 2.05) is 60.2 Å². The molecule has 1 aliphatic rings. The number of nitrogens with two attached hydrogens (primary N) is 2. The van der Waals surface area contributed by atoms with E-state index >= 15 is 0 Å². The van der Waals surface area contributed by atoms with E-state index in [4.69, 9.17) is 67.1 Å². The van der Waals surface area contributed by atoms with E-state index in [-0.39, 0.29) is 111 Å². The van der Waals surface area contributed by atoms with Crippen LogP contribution in [0, 0.1) is 32.6 Å². The van der Waals surface area contributed by atoms with Crippen molar-refractivity contribution in [1.82, 2.24) is 65.7 Å². The SMILES string of the molecule is CCC(C)C(NC(=O)c1nc(-c2nc(-c3csc(-c4nc(-c5csc(C(CCCN=C(N)N)N(C)C)n5)oc4C)n3)oc2C)oc1C)C(=O)NC(c1nc(-c2nc(-c3nc(-c4nc(C5=NC(C(=O)NC(Cc6ccccc6)C(=O)O)C(C)O5)co4)co3)co2)co1)C(C)CC. The monoisotopic (exact) mass is 1340 g/mol. The number of nitrogens with one attached hydrogen (secondary N) is 3. The fourth-order valence-electron chi connectivity index (χ4n) is 10.3. The number of guanidine groups is 1. The summed E-state index contributed by atoms with van der Waals surface area (Å²) in [6, 6.07) is 4.97. The highest BCUT2D eigenvalue weighted by Crippen LogP contribution is 2.38. The molecule has 0 aliphatic carbocycles. The van der Waals surface area contributed by atoms with E-state index in [1.54, 1.807) is 50.4 Å². The lowest BCUT2D eigenvalue weighted by molar-refractivity contribution is -0.142. The third-order valence-electron chi connectivity index (χ3n) is 15.9. The molecule has 9 aromatic heterocycles. The number of carboxylic acid groups (broad SMARTS) is 1. The molecule has 30 nitrogen and oxygen atoms in total. The first-order valence-corrected chi connectivity index (χ1v) is 32.2. The Kier molecular flexibility index (Phi) is 19.7. The molecule has 3 amide bonds. The van der Waals surface area contributed by atoms with Crippen molar-refractivity contribution >= 4 is 58.2 Å². The summed E-state index contributed by atoms with van der Waals surface area (Å²) in [5.41, 5.74) is 14.3. The number of thiazole rings is 2. The fourth-order valence-corrected chi connectivity index (χ4v) is 12.1. The third-order valence-corrected chi connectivity index (χ3v) is 17.7. The highest BCUT2D eigenvalue weighted by atomic mass is 32.1. The van der Waals surface area contributed by atoms with Crippen LogP contribution in [-0.4, -0.2) is 135 Å². The van der Waals surface area contributed by atoms with Gasteiger partial charge in [-0.1, -0.05) is 70.9 Å². The molecule has 10 aromatic rings. The zero-order valence-corrected chi connectivity index (χ0v) is 55.0. The minimum absolute atomic E-state index is 0.0200. The van der Waals surface area contributed by atoms with Gasteiger partial charge in [0.1, 0.15) is 93.7 Å². The van der Waals surface area contributed by atoms with E-state index in [2.05, 4.69) is 55.8 Å². The summed E-state index contributed by atoms with van der Waals surface area (Å²) in [7, 11) is 4.00. The van der Waals surface area contributed by atoms with Crippen molar-refractivity contribution in [2.24, 2.45) is 33.3 Å². The maximum Gasteiger partial charge on any atom is 0.326 e. The van der Waals surface area contributed by atoms with Gasteiger partial charge in [-0.05, 0) is 72.0 Å². The largest absolute Gasteiger partial charge is 0.480 e. The molecule has 1 aromatic carbocycles. The van der Waals surface area contributed by atoms with Crippen molar-refractivity contribution in [2.45, 2.75) is 124 Å². The quantitative estimate of drug-likeness (QED) is 0.0151. The lowest BCUT2D eigenvalue weighted by Crippen LogP contribution is -2.51. The third kappa shape index (κ3) is 14.7. The summed E-state index contributed by atoms with van der Waals surface area (Å²) in [6.07, 6.45) is 7.32. The van der Waals surface area contributed by atoms with Gasteiger partial charge in [0.2, 0.25) is 58.9 Å². The Bertz CT molecular complexity index is 4430. The van der Waals surface area contributed by atoms with Gasteiger partial charge in [-0.3, -0.25) is 19.4 Å². The molecule has 496 valence electrons. The van der Waals surface area contributed by atoms with Gasteiger partial charge in [0.25, 0.3) is 5.91 Å². The normalized spacial score (nSPS) is 15.8. The highest BCUT2D eigenvalue weighted by Gasteiger charge is 2.38. The van der Waals surface area contributed by atoms with E-state index in [0.29, 0.717) is 58.9 Å². The summed E-state index contributed by atoms with van der Waals surface area (Å²) >= 11 is 2.86. The lowest BCUT2D eigenvalue weighted by atomic mass is 9.95. The number of ether oxygens (including phenoxy) is 1. The lowest BCUT2D eigenvalue weighted by Gasteiger charge is -2.27. The number of carbonyl (C=O) groups excluding carboxylic acids is 3. The molecule has 0 spiro atoms. The molecule has 0 radical (unpaired) electrons. The number of aliphatic carboxylic acids is 1. The second-order valence-corrected chi connectivity index (χ2v) is 24.7. The number of hydrogen-bond donors (Lipinski definition) is 6. The van der Waals surface area contributed by atoms with Gasteiger partial charge >= 0.3 is 5.97 Å². The van der Waals surface area contributed by atoms with Crippen LogP contribution >= 0.6 is 22.7 Å². The van der Waals surface area contributed by atoms with Crippen molar-refractivity contribution in [3.05, 3.63) is 111 Å². The number of carbonyl (C=O) groups is 4. The minimum Gasteiger partial charge on any atom is -0.480 e. The van der Waals surface area contributed by atoms with E-state index < -0.39 is 54.0 Å². The average Bonchev–Trinajstić information content (AvgIpc) is 1.66. The molecule has 8 atom stereocenters. The Balaban J connectivity index is 0.718. The number of hydrogen-bond acceptors (Lipinski definition) is 26. The van der Waals surface area contributed by atoms with Gasteiger partial charge in [-0.2, -0.15) is 0 Å². The number of amides is 3. The average molecular weight is 1340 g/mol. The molecule has 10 heterocycles. The Morgan fingerprint density at radius 3 is 1.93 bits per heavy atom. The Hall–Kier alpha value is -10.5. The van der Waals surface area contributed by atoms with Crippen LogP contribution in [0.15, 0.2) is 107 Å². The molecule has 8 unspecified atom stereocenters. The summed E-state index contributed by atoms with van der Waals surface area (Å²) in [6.45, 7) is 14.9. The maximum absolute atomic E-state index is 14.4. The van der Waals surface area contributed by atoms with Crippen LogP contribution in [0.4, 0.5) is 0 Å². The van der Waals surface area contributed by atoms with Crippen LogP contribution in [0.5, 0.6) is 0 Å². The minimum atomic E-state index is -1.19. The molecule has 0 saturated heterocycles. The first-order chi connectivity index (χ1) is 45.6. The van der Waals surface area contributed by atoms with Crippen LogP contribution in [-0.2, 0) is 25.5 Å². The van der Waals surface area contributed by atoms with E-state index in [9.17, 15) is 24.3 Å². The molecule has 0 saturated carbocycles. The number of oxazole rings is 7. The van der Waals surface area contributed by atoms with Crippen molar-refractivity contribution in [1.29, 1.82) is 0 Å². The van der Waals surface area contributed by atoms with E-state index in [1.165, 1.54) is 47.7 Å². The Morgan fingerprint density at radius 1 is 0.674 bits per heavy atom. The van der Waals surface area contributed by atoms with Gasteiger partial charge in [0.05, 0.1) is 6.04 Å². The van der Waals surface area contributed by atoms with Crippen molar-refractivity contribution in [3.63, 3.8) is 0 Å². The number of aliphatic imine (C=N–C) groups is 2. The van der Waals surface area contributed by atoms with Gasteiger partial charge in [-0.25, -0.2) is 54.6 Å². The van der Waals surface area contributed by atoms with E-state index in [0.717, 1.165) is 23.4 Å².